The number of nitrogens with zero attached hydrogens (tertiary/aromatic N) is 3. The standard InChI is InChI=1S/C19H21N5O5S3/c1-11(25)20-8-13-2-4-16(31-13)15-9-30-19(21-15)22-18(27)14-3-5-17(26)24(23-14)12-6-7-32(28,29)10-12/h2,4,9,12H,3,5-8,10H2,1H3,(H,20,25)(H,21,22,27)/t12-/m1/s1. The van der Waals surface area contributed by atoms with E-state index < -0.39 is 21.8 Å². The minimum absolute atomic E-state index is 0.0234. The van der Waals surface area contributed by atoms with Crippen molar-refractivity contribution in [1.29, 1.82) is 0 Å². The second-order valence-electron chi connectivity index (χ2n) is 7.51. The van der Waals surface area contributed by atoms with Crippen LogP contribution in [0.2, 0.25) is 0 Å². The number of hydrogen-bond donors (Lipinski definition) is 2. The number of hydrogen-bond acceptors (Lipinski definition) is 9. The Labute approximate surface area is 192 Å². The van der Waals surface area contributed by atoms with Crippen molar-refractivity contribution < 1.29 is 22.8 Å². The topological polar surface area (TPSA) is 138 Å². The van der Waals surface area contributed by atoms with Gasteiger partial charge in [0.05, 0.1) is 34.7 Å². The summed E-state index contributed by atoms with van der Waals surface area (Å²) in [5.74, 6) is -0.929. The maximum Gasteiger partial charge on any atom is 0.273 e. The zero-order chi connectivity index (χ0) is 22.9. The smallest absolute Gasteiger partial charge is 0.273 e. The van der Waals surface area contributed by atoms with E-state index in [1.54, 1.807) is 0 Å². The van der Waals surface area contributed by atoms with Crippen molar-refractivity contribution >= 4 is 61.1 Å². The summed E-state index contributed by atoms with van der Waals surface area (Å²) in [6, 6.07) is 3.30. The molecule has 0 spiro atoms. The lowest BCUT2D eigenvalue weighted by Crippen LogP contribution is -2.42. The van der Waals surface area contributed by atoms with Crippen molar-refractivity contribution in [2.75, 3.05) is 16.8 Å². The first-order valence-corrected chi connectivity index (χ1v) is 13.4. The summed E-state index contributed by atoms with van der Waals surface area (Å²) in [7, 11) is -3.18. The molecule has 0 aliphatic carbocycles. The van der Waals surface area contributed by atoms with Crippen molar-refractivity contribution in [3.63, 3.8) is 0 Å². The number of rotatable bonds is 6. The highest BCUT2D eigenvalue weighted by Gasteiger charge is 2.37. The molecule has 2 N–H and O–H groups in total. The fourth-order valence-electron chi connectivity index (χ4n) is 3.42. The number of thiophene rings is 1. The van der Waals surface area contributed by atoms with Gasteiger partial charge in [-0.1, -0.05) is 0 Å². The molecule has 2 aromatic heterocycles. The molecule has 4 rings (SSSR count). The van der Waals surface area contributed by atoms with E-state index in [1.165, 1.54) is 34.6 Å². The molecule has 0 aromatic carbocycles. The summed E-state index contributed by atoms with van der Waals surface area (Å²) in [6.07, 6.45) is 0.627. The van der Waals surface area contributed by atoms with Crippen molar-refractivity contribution in [3.05, 3.63) is 22.4 Å². The Morgan fingerprint density at radius 1 is 1.28 bits per heavy atom. The lowest BCUT2D eigenvalue weighted by Gasteiger charge is -2.27. The highest BCUT2D eigenvalue weighted by atomic mass is 32.2. The molecule has 2 aliphatic rings. The average molecular weight is 496 g/mol. The molecule has 0 unspecified atom stereocenters. The van der Waals surface area contributed by atoms with E-state index in [4.69, 9.17) is 0 Å². The number of sulfone groups is 1. The quantitative estimate of drug-likeness (QED) is 0.624. The van der Waals surface area contributed by atoms with Gasteiger partial charge in [-0.3, -0.25) is 19.7 Å². The molecule has 170 valence electrons. The van der Waals surface area contributed by atoms with Crippen molar-refractivity contribution in [2.45, 2.75) is 38.8 Å². The van der Waals surface area contributed by atoms with Crippen LogP contribution in [0.3, 0.4) is 0 Å². The van der Waals surface area contributed by atoms with Crippen molar-refractivity contribution in [1.82, 2.24) is 15.3 Å². The predicted molar refractivity (Wildman–Crippen MR) is 122 cm³/mol. The molecule has 10 nitrogen and oxygen atoms in total. The van der Waals surface area contributed by atoms with Gasteiger partial charge in [-0.25, -0.2) is 18.4 Å². The van der Waals surface area contributed by atoms with Gasteiger partial charge in [0.1, 0.15) is 5.71 Å². The van der Waals surface area contributed by atoms with Crippen molar-refractivity contribution in [2.24, 2.45) is 5.10 Å². The summed E-state index contributed by atoms with van der Waals surface area (Å²) >= 11 is 2.77. The van der Waals surface area contributed by atoms with E-state index in [1.807, 2.05) is 17.5 Å². The van der Waals surface area contributed by atoms with Gasteiger partial charge in [0, 0.05) is 30.0 Å². The first-order valence-electron chi connectivity index (χ1n) is 9.90. The maximum atomic E-state index is 12.7. The Morgan fingerprint density at radius 3 is 2.81 bits per heavy atom. The lowest BCUT2D eigenvalue weighted by atomic mass is 10.1. The van der Waals surface area contributed by atoms with Gasteiger partial charge in [0.25, 0.3) is 5.91 Å². The van der Waals surface area contributed by atoms with Gasteiger partial charge < -0.3 is 5.32 Å². The zero-order valence-electron chi connectivity index (χ0n) is 17.2. The van der Waals surface area contributed by atoms with Crippen LogP contribution in [-0.2, 0) is 30.8 Å². The molecule has 3 amide bonds. The number of aromatic nitrogens is 1. The Balaban J connectivity index is 1.42. The third-order valence-electron chi connectivity index (χ3n) is 5.03. The number of nitrogens with one attached hydrogen (secondary N) is 2. The van der Waals surface area contributed by atoms with E-state index in [0.717, 1.165) is 9.75 Å². The number of carbonyl (C=O) groups is 3. The molecule has 0 radical (unpaired) electrons. The van der Waals surface area contributed by atoms with Crippen LogP contribution in [0.25, 0.3) is 10.6 Å². The first kappa shape index (κ1) is 22.6. The Hall–Kier alpha value is -2.64. The summed E-state index contributed by atoms with van der Waals surface area (Å²) in [5, 5.41) is 13.0. The summed E-state index contributed by atoms with van der Waals surface area (Å²) in [6.45, 7) is 1.91. The Morgan fingerprint density at radius 2 is 2.09 bits per heavy atom. The predicted octanol–water partition coefficient (Wildman–Crippen LogP) is 1.61. The molecular weight excluding hydrogens is 474 g/mol. The zero-order valence-corrected chi connectivity index (χ0v) is 19.6. The molecule has 1 saturated heterocycles. The van der Waals surface area contributed by atoms with Gasteiger partial charge in [-0.15, -0.1) is 22.7 Å². The van der Waals surface area contributed by atoms with Crippen LogP contribution in [0.4, 0.5) is 5.13 Å². The minimum atomic E-state index is -3.18. The second kappa shape index (κ2) is 9.08. The summed E-state index contributed by atoms with van der Waals surface area (Å²) < 4.78 is 23.5. The van der Waals surface area contributed by atoms with E-state index in [0.29, 0.717) is 23.8 Å². The Bertz CT molecular complexity index is 1200. The fraction of sp³-hybridized carbons (Fsp3) is 0.421. The van der Waals surface area contributed by atoms with Gasteiger partial charge in [-0.05, 0) is 18.6 Å². The maximum absolute atomic E-state index is 12.7. The molecule has 4 heterocycles. The van der Waals surface area contributed by atoms with Gasteiger partial charge in [0.2, 0.25) is 11.8 Å². The monoisotopic (exact) mass is 495 g/mol. The molecular formula is C19H21N5O5S3. The first-order chi connectivity index (χ1) is 15.2. The normalized spacial score (nSPS) is 20.2. The van der Waals surface area contributed by atoms with Crippen LogP contribution in [0.1, 0.15) is 31.1 Å². The number of anilines is 1. The second-order valence-corrected chi connectivity index (χ2v) is 11.8. The molecule has 13 heteroatoms. The van der Waals surface area contributed by atoms with E-state index >= 15 is 0 Å². The van der Waals surface area contributed by atoms with E-state index in [2.05, 4.69) is 20.7 Å². The molecule has 1 fully saturated rings. The Kier molecular flexibility index (Phi) is 6.40. The number of hydrazone groups is 1. The van der Waals surface area contributed by atoms with Crippen LogP contribution >= 0.6 is 22.7 Å². The van der Waals surface area contributed by atoms with Crippen LogP contribution in [0, 0.1) is 0 Å². The fourth-order valence-corrected chi connectivity index (χ4v) is 6.80. The third-order valence-corrected chi connectivity index (χ3v) is 8.64. The molecule has 0 saturated carbocycles. The molecule has 0 bridgehead atoms. The van der Waals surface area contributed by atoms with Crippen LogP contribution in [0.15, 0.2) is 22.6 Å². The number of thiazole rings is 1. The van der Waals surface area contributed by atoms with Gasteiger partial charge >= 0.3 is 0 Å². The highest BCUT2D eigenvalue weighted by Crippen LogP contribution is 2.31. The highest BCUT2D eigenvalue weighted by molar-refractivity contribution is 7.91. The summed E-state index contributed by atoms with van der Waals surface area (Å²) in [5.41, 5.74) is 0.891. The SMILES string of the molecule is CC(=O)NCc1ccc(-c2csc(NC(=O)C3=NN([C@@H]4CCS(=O)(=O)C4)C(=O)CC3)n2)s1. The van der Waals surface area contributed by atoms with Crippen LogP contribution in [0.5, 0.6) is 0 Å². The largest absolute Gasteiger partial charge is 0.351 e. The number of amides is 3. The van der Waals surface area contributed by atoms with Gasteiger partial charge in [-0.2, -0.15) is 5.10 Å². The van der Waals surface area contributed by atoms with Gasteiger partial charge in [0.15, 0.2) is 15.0 Å². The van der Waals surface area contributed by atoms with E-state index in [-0.39, 0.29) is 41.9 Å². The molecule has 2 aliphatic heterocycles. The molecule has 2 aromatic rings. The van der Waals surface area contributed by atoms with Crippen LogP contribution in [-0.4, -0.2) is 59.4 Å². The minimum Gasteiger partial charge on any atom is -0.351 e. The average Bonchev–Trinajstić information content (AvgIpc) is 3.46. The third kappa shape index (κ3) is 5.22. The van der Waals surface area contributed by atoms with E-state index in [9.17, 15) is 22.8 Å². The molecule has 32 heavy (non-hydrogen) atoms. The van der Waals surface area contributed by atoms with Crippen molar-refractivity contribution in [3.8, 4) is 10.6 Å². The lowest BCUT2D eigenvalue weighted by molar-refractivity contribution is -0.133. The summed E-state index contributed by atoms with van der Waals surface area (Å²) in [4.78, 5) is 42.3. The molecule has 1 atom stereocenters. The number of carbonyl (C=O) groups excluding carboxylic acids is 3. The van der Waals surface area contributed by atoms with Crippen LogP contribution < -0.4 is 10.6 Å².